The summed E-state index contributed by atoms with van der Waals surface area (Å²) < 4.78 is 21.9. The number of nitrogens with one attached hydrogen (secondary N) is 1. The number of aromatic hydroxyl groups is 2. The molecule has 2 aliphatic rings. The number of nitrogens with zero attached hydrogens (tertiary/aromatic N) is 4. The Morgan fingerprint density at radius 3 is 2.74 bits per heavy atom. The summed E-state index contributed by atoms with van der Waals surface area (Å²) in [4.78, 5) is 41.6. The van der Waals surface area contributed by atoms with Crippen LogP contribution in [0.1, 0.15) is 29.4 Å². The molecule has 1 aliphatic heterocycles. The Kier molecular flexibility index (Phi) is 6.29. The maximum absolute atomic E-state index is 12.3. The maximum atomic E-state index is 12.3. The number of phenols is 2. The first kappa shape index (κ1) is 24.6. The van der Waals surface area contributed by atoms with Crippen LogP contribution < -0.4 is 5.43 Å². The number of phenolic OH excluding ortho intramolecular Hbond substituents is 2. The van der Waals surface area contributed by atoms with Crippen LogP contribution in [-0.4, -0.2) is 79.4 Å². The molecular weight excluding hydrogens is 506 g/mol. The van der Waals surface area contributed by atoms with Crippen molar-refractivity contribution in [1.29, 1.82) is 0 Å². The van der Waals surface area contributed by atoms with Gasteiger partial charge in [-0.15, -0.1) is 0 Å². The van der Waals surface area contributed by atoms with Crippen molar-refractivity contribution in [2.75, 3.05) is 0 Å². The van der Waals surface area contributed by atoms with Crippen LogP contribution in [0.3, 0.4) is 0 Å². The van der Waals surface area contributed by atoms with Crippen LogP contribution in [-0.2, 0) is 27.2 Å². The van der Waals surface area contributed by atoms with Crippen molar-refractivity contribution >= 4 is 46.7 Å². The number of carbonyl (C=O) groups excluding carboxylic acids is 2. The summed E-state index contributed by atoms with van der Waals surface area (Å²) >= 11 is 3.22. The predicted octanol–water partition coefficient (Wildman–Crippen LogP) is 0.376. The highest BCUT2D eigenvalue weighted by Crippen LogP contribution is 2.50. The zero-order chi connectivity index (χ0) is 25.7. The number of aliphatic carboxylic acids is 1. The van der Waals surface area contributed by atoms with Gasteiger partial charge in [0, 0.05) is 18.8 Å². The van der Waals surface area contributed by atoms with Gasteiger partial charge in [0.1, 0.15) is 10.4 Å². The molecule has 186 valence electrons. The molecule has 0 bridgehead atoms. The molecule has 1 aliphatic carbocycles. The first-order chi connectivity index (χ1) is 16.5. The zero-order valence-electron chi connectivity index (χ0n) is 18.0. The van der Waals surface area contributed by atoms with Gasteiger partial charge in [-0.25, -0.2) is 19.4 Å². The van der Waals surface area contributed by atoms with E-state index in [0.29, 0.717) is 6.42 Å². The molecule has 5 N–H and O–H groups in total. The van der Waals surface area contributed by atoms with Gasteiger partial charge >= 0.3 is 5.97 Å². The van der Waals surface area contributed by atoms with E-state index >= 15 is 0 Å². The lowest BCUT2D eigenvalue weighted by molar-refractivity contribution is -0.159. The molecule has 35 heavy (non-hydrogen) atoms. The standard InChI is InChI=1S/C20H20ClN5O8S/c1-20(35(33)34,16(19(31)32)26-12-4-11(12)18(26)30)7-25-6-9(22-8-25)5-23-24-17(29)10-2-3-13(27)15(28)14(10)21/h2-3,5-6,8,11-12,16,27-28H,4,7H2,1H3,(H,24,29)(H,31,32)(H,33,34)/b23-5+/t11?,12-,16+,20?/m1/s1. The van der Waals surface area contributed by atoms with Crippen LogP contribution >= 0.6 is 11.6 Å². The number of hydrazone groups is 1. The van der Waals surface area contributed by atoms with Crippen molar-refractivity contribution < 1.29 is 38.5 Å². The van der Waals surface area contributed by atoms with E-state index in [4.69, 9.17) is 11.6 Å². The van der Waals surface area contributed by atoms with E-state index in [0.717, 1.165) is 12.3 Å². The Morgan fingerprint density at radius 2 is 2.14 bits per heavy atom. The quantitative estimate of drug-likeness (QED) is 0.101. The van der Waals surface area contributed by atoms with Gasteiger partial charge in [0.25, 0.3) is 5.91 Å². The zero-order valence-corrected chi connectivity index (χ0v) is 19.6. The Balaban J connectivity index is 1.46. The third-order valence-electron chi connectivity index (χ3n) is 6.03. The first-order valence-electron chi connectivity index (χ1n) is 10.2. The number of hydrogen-bond donors (Lipinski definition) is 5. The Labute approximate surface area is 205 Å². The second-order valence-corrected chi connectivity index (χ2v) is 10.2. The van der Waals surface area contributed by atoms with Crippen molar-refractivity contribution in [3.63, 3.8) is 0 Å². The van der Waals surface area contributed by atoms with Crippen molar-refractivity contribution in [2.45, 2.75) is 36.7 Å². The van der Waals surface area contributed by atoms with Crippen LogP contribution in [0.15, 0.2) is 29.8 Å². The minimum atomic E-state index is -2.61. The molecule has 1 saturated carbocycles. The van der Waals surface area contributed by atoms with Gasteiger partial charge in [-0.1, -0.05) is 11.6 Å². The third-order valence-corrected chi connectivity index (χ3v) is 7.56. The van der Waals surface area contributed by atoms with E-state index in [2.05, 4.69) is 15.5 Å². The number of carbonyl (C=O) groups is 3. The molecular formula is C20H20ClN5O8S. The topological polar surface area (TPSA) is 195 Å². The molecule has 3 unspecified atom stereocenters. The molecule has 1 aromatic heterocycles. The smallest absolute Gasteiger partial charge is 0.328 e. The molecule has 15 heteroatoms. The fourth-order valence-corrected chi connectivity index (χ4v) is 5.01. The number of likely N-dealkylation sites (tertiary alicyclic amines) is 1. The summed E-state index contributed by atoms with van der Waals surface area (Å²) in [5.74, 6) is -3.82. The van der Waals surface area contributed by atoms with E-state index < -0.39 is 45.2 Å². The molecule has 13 nitrogen and oxygen atoms in total. The largest absolute Gasteiger partial charge is 0.504 e. The lowest BCUT2D eigenvalue weighted by atomic mass is 9.95. The monoisotopic (exact) mass is 525 g/mol. The minimum absolute atomic E-state index is 0.135. The van der Waals surface area contributed by atoms with E-state index in [1.807, 2.05) is 0 Å². The van der Waals surface area contributed by atoms with Crippen LogP contribution in [0.5, 0.6) is 11.5 Å². The highest BCUT2D eigenvalue weighted by molar-refractivity contribution is 7.80. The molecule has 2 aromatic rings. The Bertz CT molecular complexity index is 1280. The van der Waals surface area contributed by atoms with Crippen molar-refractivity contribution in [3.8, 4) is 11.5 Å². The molecule has 2 amide bonds. The molecule has 2 fully saturated rings. The van der Waals surface area contributed by atoms with Gasteiger partial charge in [0.15, 0.2) is 28.6 Å². The fraction of sp³-hybridized carbons (Fsp3) is 0.350. The molecule has 0 spiro atoms. The minimum Gasteiger partial charge on any atom is -0.504 e. The van der Waals surface area contributed by atoms with Crippen molar-refractivity contribution in [1.82, 2.24) is 19.9 Å². The number of hydrogen-bond acceptors (Lipinski definition) is 8. The normalized spacial score (nSPS) is 22.1. The summed E-state index contributed by atoms with van der Waals surface area (Å²) in [7, 11) is 0. The highest BCUT2D eigenvalue weighted by atomic mass is 35.5. The summed E-state index contributed by atoms with van der Waals surface area (Å²) in [6.07, 6.45) is 4.41. The van der Waals surface area contributed by atoms with Gasteiger partial charge in [-0.3, -0.25) is 9.59 Å². The average molecular weight is 526 g/mol. The van der Waals surface area contributed by atoms with E-state index in [-0.39, 0.29) is 40.7 Å². The van der Waals surface area contributed by atoms with Gasteiger partial charge in [-0.05, 0) is 25.5 Å². The number of benzene rings is 1. The van der Waals surface area contributed by atoms with Crippen LogP contribution in [0.25, 0.3) is 0 Å². The van der Waals surface area contributed by atoms with E-state index in [1.54, 1.807) is 0 Å². The van der Waals surface area contributed by atoms with Crippen LogP contribution in [0.4, 0.5) is 0 Å². The highest BCUT2D eigenvalue weighted by Gasteiger charge is 2.66. The summed E-state index contributed by atoms with van der Waals surface area (Å²) in [6, 6.07) is 0.559. The number of aromatic nitrogens is 2. The summed E-state index contributed by atoms with van der Waals surface area (Å²) in [6.45, 7) is 1.07. The predicted molar refractivity (Wildman–Crippen MR) is 121 cm³/mol. The number of rotatable bonds is 9. The number of imidazole rings is 1. The average Bonchev–Trinajstić information content (AvgIpc) is 3.38. The second-order valence-electron chi connectivity index (χ2n) is 8.42. The lowest BCUT2D eigenvalue weighted by Gasteiger charge is -2.43. The molecule has 0 radical (unpaired) electrons. The van der Waals surface area contributed by atoms with E-state index in [1.165, 1.54) is 35.0 Å². The second kappa shape index (κ2) is 8.94. The van der Waals surface area contributed by atoms with Gasteiger partial charge in [0.05, 0.1) is 29.0 Å². The van der Waals surface area contributed by atoms with E-state index in [9.17, 15) is 38.5 Å². The number of carboxylic acid groups (broad SMARTS) is 1. The molecule has 1 aromatic carbocycles. The number of carboxylic acids is 1. The van der Waals surface area contributed by atoms with Gasteiger partial charge < -0.3 is 29.3 Å². The third kappa shape index (κ3) is 4.35. The van der Waals surface area contributed by atoms with Gasteiger partial charge in [0.2, 0.25) is 5.91 Å². The molecule has 1 saturated heterocycles. The van der Waals surface area contributed by atoms with Crippen molar-refractivity contribution in [3.05, 3.63) is 40.9 Å². The number of fused-ring (bicyclic) bond motifs is 1. The van der Waals surface area contributed by atoms with Gasteiger partial charge in [-0.2, -0.15) is 5.10 Å². The van der Waals surface area contributed by atoms with Crippen LogP contribution in [0.2, 0.25) is 5.02 Å². The first-order valence-corrected chi connectivity index (χ1v) is 11.7. The Hall–Kier alpha value is -3.49. The number of β-lactam (4-membered cyclic amide) rings is 1. The summed E-state index contributed by atoms with van der Waals surface area (Å²) in [5.41, 5.74) is 2.27. The molecule has 5 atom stereocenters. The Morgan fingerprint density at radius 1 is 1.43 bits per heavy atom. The molecule has 2 heterocycles. The fourth-order valence-electron chi connectivity index (χ4n) is 4.10. The van der Waals surface area contributed by atoms with Crippen molar-refractivity contribution in [2.24, 2.45) is 11.0 Å². The molecule has 4 rings (SSSR count). The summed E-state index contributed by atoms with van der Waals surface area (Å²) in [5, 5.41) is 32.2. The maximum Gasteiger partial charge on any atom is 0.328 e. The van der Waals surface area contributed by atoms with Crippen LogP contribution in [0, 0.1) is 5.92 Å². The number of amides is 2. The number of halogens is 1. The lowest BCUT2D eigenvalue weighted by Crippen LogP contribution is -2.65. The SMILES string of the molecule is CC(Cn1cnc(/C=N/NC(=O)c2ccc(O)c(O)c2Cl)c1)([C@H](C(=O)O)N1C(=O)C2C[C@H]21)S(=O)O.